The van der Waals surface area contributed by atoms with Crippen LogP contribution in [0.25, 0.3) is 10.2 Å². The fourth-order valence-electron chi connectivity index (χ4n) is 3.28. The molecule has 182 valence electrons. The minimum Gasteiger partial charge on any atom is -0.305 e. The molecule has 0 aliphatic heterocycles. The summed E-state index contributed by atoms with van der Waals surface area (Å²) < 4.78 is 29.0. The lowest BCUT2D eigenvalue weighted by Crippen LogP contribution is -2.32. The van der Waals surface area contributed by atoms with Gasteiger partial charge in [-0.2, -0.15) is 19.8 Å². The van der Waals surface area contributed by atoms with E-state index in [1.54, 1.807) is 4.57 Å². The van der Waals surface area contributed by atoms with Crippen molar-refractivity contribution >= 4 is 43.2 Å². The Balaban J connectivity index is 1.95. The smallest absolute Gasteiger partial charge is 0.279 e. The van der Waals surface area contributed by atoms with Gasteiger partial charge in [-0.05, 0) is 30.3 Å². The molecule has 0 fully saturated rings. The normalized spacial score (nSPS) is 11.7. The van der Waals surface area contributed by atoms with E-state index in [1.807, 2.05) is 12.1 Å². The SMILES string of the molecule is C#CCn1c(=NC(=O)c2ccc(S(=O)(=O)N(CCC#N)CCC#N)cc2)sc2cc([N+](=O)[O-])ccc21. The van der Waals surface area contributed by atoms with E-state index in [0.717, 1.165) is 15.6 Å². The number of nitriles is 2. The van der Waals surface area contributed by atoms with Gasteiger partial charge in [0.1, 0.15) is 0 Å². The molecule has 0 aliphatic rings. The number of thiazole rings is 1. The lowest BCUT2D eigenvalue weighted by atomic mass is 10.2. The first-order valence-electron chi connectivity index (χ1n) is 10.4. The maximum absolute atomic E-state index is 12.9. The number of amides is 1. The summed E-state index contributed by atoms with van der Waals surface area (Å²) in [4.78, 5) is 27.7. The molecular formula is C23H18N6O5S2. The van der Waals surface area contributed by atoms with Gasteiger partial charge in [-0.25, -0.2) is 8.42 Å². The number of benzene rings is 2. The highest BCUT2D eigenvalue weighted by atomic mass is 32.2. The topological polar surface area (TPSA) is 162 Å². The van der Waals surface area contributed by atoms with Gasteiger partial charge in [-0.1, -0.05) is 17.3 Å². The summed E-state index contributed by atoms with van der Waals surface area (Å²) in [5.41, 5.74) is 0.599. The Bertz CT molecular complexity index is 1600. The summed E-state index contributed by atoms with van der Waals surface area (Å²) in [6, 6.07) is 13.2. The summed E-state index contributed by atoms with van der Waals surface area (Å²) in [5, 5.41) is 28.7. The molecule has 1 amide bonds. The molecule has 13 heteroatoms. The molecule has 36 heavy (non-hydrogen) atoms. The molecule has 3 rings (SSSR count). The molecule has 1 aromatic heterocycles. The van der Waals surface area contributed by atoms with Gasteiger partial charge in [-0.3, -0.25) is 14.9 Å². The second-order valence-electron chi connectivity index (χ2n) is 7.25. The van der Waals surface area contributed by atoms with E-state index in [1.165, 1.54) is 42.5 Å². The van der Waals surface area contributed by atoms with Crippen molar-refractivity contribution in [3.63, 3.8) is 0 Å². The van der Waals surface area contributed by atoms with E-state index >= 15 is 0 Å². The van der Waals surface area contributed by atoms with Crippen LogP contribution in [0.2, 0.25) is 0 Å². The Morgan fingerprint density at radius 1 is 1.14 bits per heavy atom. The van der Waals surface area contributed by atoms with Crippen molar-refractivity contribution < 1.29 is 18.1 Å². The molecule has 0 aliphatic carbocycles. The van der Waals surface area contributed by atoms with Gasteiger partial charge in [-0.15, -0.1) is 6.42 Å². The third kappa shape index (κ3) is 5.65. The monoisotopic (exact) mass is 522 g/mol. The molecule has 3 aromatic rings. The number of non-ortho nitro benzene ring substituents is 1. The molecule has 0 atom stereocenters. The van der Waals surface area contributed by atoms with Crippen molar-refractivity contribution in [1.82, 2.24) is 8.87 Å². The van der Waals surface area contributed by atoms with Crippen molar-refractivity contribution in [3.8, 4) is 24.5 Å². The third-order valence-corrected chi connectivity index (χ3v) is 7.96. The van der Waals surface area contributed by atoms with E-state index in [4.69, 9.17) is 16.9 Å². The lowest BCUT2D eigenvalue weighted by molar-refractivity contribution is -0.384. The number of fused-ring (bicyclic) bond motifs is 1. The lowest BCUT2D eigenvalue weighted by Gasteiger charge is -2.20. The summed E-state index contributed by atoms with van der Waals surface area (Å²) in [6.45, 7) is -0.0338. The van der Waals surface area contributed by atoms with Crippen molar-refractivity contribution in [1.29, 1.82) is 10.5 Å². The summed E-state index contributed by atoms with van der Waals surface area (Å²) in [6.07, 6.45) is 5.38. The Kier molecular flexibility index (Phi) is 8.30. The highest BCUT2D eigenvalue weighted by molar-refractivity contribution is 7.89. The van der Waals surface area contributed by atoms with Gasteiger partial charge < -0.3 is 4.57 Å². The van der Waals surface area contributed by atoms with Crippen LogP contribution in [0.3, 0.4) is 0 Å². The van der Waals surface area contributed by atoms with E-state index in [9.17, 15) is 23.3 Å². The number of carbonyl (C=O) groups is 1. The second kappa shape index (κ2) is 11.4. The number of hydrogen-bond acceptors (Lipinski definition) is 8. The van der Waals surface area contributed by atoms with Gasteiger partial charge in [0.05, 0.1) is 38.7 Å². The van der Waals surface area contributed by atoms with Crippen molar-refractivity contribution in [2.75, 3.05) is 13.1 Å². The summed E-state index contributed by atoms with van der Waals surface area (Å²) in [7, 11) is -3.98. The maximum atomic E-state index is 12.9. The van der Waals surface area contributed by atoms with Crippen LogP contribution in [0.4, 0.5) is 5.69 Å². The molecule has 0 saturated heterocycles. The van der Waals surface area contributed by atoms with Gasteiger partial charge in [0, 0.05) is 43.6 Å². The number of aromatic nitrogens is 1. The molecular weight excluding hydrogens is 504 g/mol. The zero-order valence-corrected chi connectivity index (χ0v) is 20.3. The number of nitro groups is 1. The Morgan fingerprint density at radius 2 is 1.78 bits per heavy atom. The third-order valence-electron chi connectivity index (χ3n) is 5.01. The first kappa shape index (κ1) is 26.3. The molecule has 0 saturated carbocycles. The molecule has 2 aromatic carbocycles. The van der Waals surface area contributed by atoms with Gasteiger partial charge in [0.15, 0.2) is 4.80 Å². The number of hydrogen-bond donors (Lipinski definition) is 0. The molecule has 0 spiro atoms. The predicted molar refractivity (Wildman–Crippen MR) is 131 cm³/mol. The van der Waals surface area contributed by atoms with E-state index < -0.39 is 20.9 Å². The largest absolute Gasteiger partial charge is 0.305 e. The average Bonchev–Trinajstić information content (AvgIpc) is 3.20. The van der Waals surface area contributed by atoms with Crippen LogP contribution in [0, 0.1) is 45.1 Å². The molecule has 11 nitrogen and oxygen atoms in total. The van der Waals surface area contributed by atoms with Crippen LogP contribution in [-0.2, 0) is 16.6 Å². The fourth-order valence-corrected chi connectivity index (χ4v) is 5.78. The van der Waals surface area contributed by atoms with Crippen LogP contribution in [-0.4, -0.2) is 41.2 Å². The van der Waals surface area contributed by atoms with Crippen LogP contribution in [0.5, 0.6) is 0 Å². The maximum Gasteiger partial charge on any atom is 0.279 e. The highest BCUT2D eigenvalue weighted by Gasteiger charge is 2.24. The fraction of sp³-hybridized carbons (Fsp3) is 0.217. The highest BCUT2D eigenvalue weighted by Crippen LogP contribution is 2.23. The Morgan fingerprint density at radius 3 is 2.33 bits per heavy atom. The summed E-state index contributed by atoms with van der Waals surface area (Å²) in [5.74, 6) is 1.81. The number of sulfonamides is 1. The van der Waals surface area contributed by atoms with E-state index in [2.05, 4.69) is 10.9 Å². The Labute approximate surface area is 210 Å². The average molecular weight is 523 g/mol. The van der Waals surface area contributed by atoms with E-state index in [0.29, 0.717) is 10.2 Å². The number of carbonyl (C=O) groups excluding carboxylic acids is 1. The zero-order valence-electron chi connectivity index (χ0n) is 18.7. The number of rotatable bonds is 9. The minimum atomic E-state index is -3.98. The standard InChI is InChI=1S/C23H18N6O5S2/c1-2-13-28-20-10-7-18(29(31)32)16-21(20)35-23(28)26-22(30)17-5-8-19(9-6-17)36(33,34)27(14-3-11-24)15-4-12-25/h1,5-10,16H,3-4,13-15H2. The van der Waals surface area contributed by atoms with Crippen molar-refractivity contribution in [3.05, 3.63) is 62.9 Å². The summed E-state index contributed by atoms with van der Waals surface area (Å²) >= 11 is 1.07. The quantitative estimate of drug-likeness (QED) is 0.237. The van der Waals surface area contributed by atoms with Gasteiger partial charge in [0.25, 0.3) is 11.6 Å². The van der Waals surface area contributed by atoms with Gasteiger partial charge in [0.2, 0.25) is 10.0 Å². The van der Waals surface area contributed by atoms with Crippen LogP contribution >= 0.6 is 11.3 Å². The predicted octanol–water partition coefficient (Wildman–Crippen LogP) is 2.80. The zero-order chi connectivity index (χ0) is 26.3. The van der Waals surface area contributed by atoms with Gasteiger partial charge >= 0.3 is 0 Å². The minimum absolute atomic E-state index is 0.0317. The first-order valence-corrected chi connectivity index (χ1v) is 12.6. The first-order chi connectivity index (χ1) is 17.2. The van der Waals surface area contributed by atoms with E-state index in [-0.39, 0.29) is 53.4 Å². The van der Waals surface area contributed by atoms with Crippen molar-refractivity contribution in [2.24, 2.45) is 4.99 Å². The number of nitrogens with zero attached hydrogens (tertiary/aromatic N) is 6. The molecule has 0 radical (unpaired) electrons. The molecule has 0 bridgehead atoms. The van der Waals surface area contributed by atoms with Crippen molar-refractivity contribution in [2.45, 2.75) is 24.3 Å². The molecule has 0 N–H and O–H groups in total. The number of nitro benzene ring substituents is 1. The number of terminal acetylenes is 1. The second-order valence-corrected chi connectivity index (χ2v) is 10.2. The van der Waals surface area contributed by atoms with Crippen LogP contribution < -0.4 is 4.80 Å². The molecule has 0 unspecified atom stereocenters. The van der Waals surface area contributed by atoms with Crippen LogP contribution in [0.1, 0.15) is 23.2 Å². The Hall–Kier alpha value is -4.35. The molecule has 1 heterocycles. The van der Waals surface area contributed by atoms with Crippen LogP contribution in [0.15, 0.2) is 52.4 Å².